The Hall–Kier alpha value is -2.11. The molecule has 25 heavy (non-hydrogen) atoms. The first-order valence-corrected chi connectivity index (χ1v) is 9.62. The SMILES string of the molecule is CN1CCC(=C2c3ccccc3CCc3sc(NC(N)=O)cc32)CC1. The number of urea groups is 1. The lowest BCUT2D eigenvalue weighted by molar-refractivity contribution is 0.259. The molecule has 2 aromatic rings. The largest absolute Gasteiger partial charge is 0.351 e. The quantitative estimate of drug-likeness (QED) is 0.818. The second kappa shape index (κ2) is 6.65. The van der Waals surface area contributed by atoms with Crippen LogP contribution in [0.2, 0.25) is 0 Å². The third-order valence-corrected chi connectivity index (χ3v) is 6.29. The molecule has 4 rings (SSSR count). The summed E-state index contributed by atoms with van der Waals surface area (Å²) in [7, 11) is 2.19. The summed E-state index contributed by atoms with van der Waals surface area (Å²) in [4.78, 5) is 15.0. The highest BCUT2D eigenvalue weighted by Gasteiger charge is 2.25. The topological polar surface area (TPSA) is 58.4 Å². The van der Waals surface area contributed by atoms with Gasteiger partial charge in [0.05, 0.1) is 5.00 Å². The van der Waals surface area contributed by atoms with Gasteiger partial charge in [-0.1, -0.05) is 29.8 Å². The number of thiophene rings is 1. The van der Waals surface area contributed by atoms with Gasteiger partial charge in [0.1, 0.15) is 0 Å². The third-order valence-electron chi connectivity index (χ3n) is 5.18. The molecule has 1 aromatic heterocycles. The predicted octanol–water partition coefficient (Wildman–Crippen LogP) is 3.86. The van der Waals surface area contributed by atoms with Gasteiger partial charge in [-0.3, -0.25) is 5.32 Å². The molecule has 130 valence electrons. The molecule has 0 atom stereocenters. The Kier molecular flexibility index (Phi) is 4.36. The summed E-state index contributed by atoms with van der Waals surface area (Å²) in [5.41, 5.74) is 12.3. The summed E-state index contributed by atoms with van der Waals surface area (Å²) < 4.78 is 0. The molecule has 5 heteroatoms. The minimum Gasteiger partial charge on any atom is -0.351 e. The average Bonchev–Trinajstić information content (AvgIpc) is 2.90. The molecule has 1 saturated heterocycles. The van der Waals surface area contributed by atoms with Crippen molar-refractivity contribution in [2.75, 3.05) is 25.5 Å². The van der Waals surface area contributed by atoms with E-state index in [9.17, 15) is 4.79 Å². The summed E-state index contributed by atoms with van der Waals surface area (Å²) in [6.07, 6.45) is 4.26. The fourth-order valence-corrected chi connectivity index (χ4v) is 4.97. The minimum absolute atomic E-state index is 0.495. The normalized spacial score (nSPS) is 17.6. The van der Waals surface area contributed by atoms with Gasteiger partial charge in [-0.25, -0.2) is 4.79 Å². The highest BCUT2D eigenvalue weighted by molar-refractivity contribution is 7.16. The monoisotopic (exact) mass is 353 g/mol. The molecule has 2 heterocycles. The van der Waals surface area contributed by atoms with Crippen LogP contribution in [0.4, 0.5) is 9.80 Å². The number of nitrogens with zero attached hydrogens (tertiary/aromatic N) is 1. The third kappa shape index (κ3) is 3.22. The van der Waals surface area contributed by atoms with Crippen LogP contribution in [-0.4, -0.2) is 31.1 Å². The molecule has 2 aliphatic rings. The number of carbonyl (C=O) groups excluding carboxylic acids is 1. The second-order valence-electron chi connectivity index (χ2n) is 6.88. The Morgan fingerprint density at radius 2 is 1.88 bits per heavy atom. The summed E-state index contributed by atoms with van der Waals surface area (Å²) >= 11 is 1.66. The van der Waals surface area contributed by atoms with Crippen LogP contribution >= 0.6 is 11.3 Å². The molecular formula is C20H23N3OS. The number of aryl methyl sites for hydroxylation is 2. The maximum atomic E-state index is 11.3. The summed E-state index contributed by atoms with van der Waals surface area (Å²) in [5, 5.41) is 3.61. The molecule has 0 bridgehead atoms. The number of carbonyl (C=O) groups is 1. The van der Waals surface area contributed by atoms with Crippen molar-refractivity contribution in [1.29, 1.82) is 0 Å². The molecule has 0 spiro atoms. The lowest BCUT2D eigenvalue weighted by atomic mass is 9.88. The first kappa shape index (κ1) is 16.4. The van der Waals surface area contributed by atoms with E-state index in [4.69, 9.17) is 5.73 Å². The van der Waals surface area contributed by atoms with E-state index in [0.717, 1.165) is 43.8 Å². The number of benzene rings is 1. The zero-order valence-corrected chi connectivity index (χ0v) is 15.3. The van der Waals surface area contributed by atoms with Crippen LogP contribution < -0.4 is 11.1 Å². The predicted molar refractivity (Wildman–Crippen MR) is 104 cm³/mol. The Bertz CT molecular complexity index is 842. The Morgan fingerprint density at radius 3 is 2.64 bits per heavy atom. The summed E-state index contributed by atoms with van der Waals surface area (Å²) in [5.74, 6) is 0. The maximum absolute atomic E-state index is 11.3. The Morgan fingerprint density at radius 1 is 1.12 bits per heavy atom. The van der Waals surface area contributed by atoms with Crippen molar-refractivity contribution in [1.82, 2.24) is 4.90 Å². The van der Waals surface area contributed by atoms with Gasteiger partial charge in [-0.05, 0) is 61.1 Å². The molecule has 0 saturated carbocycles. The standard InChI is InChI=1S/C20H23N3OS/c1-23-10-8-14(9-11-23)19-15-5-3-2-4-13(15)6-7-17-16(19)12-18(25-17)22-20(21)24/h2-5,12H,6-11H2,1H3,(H3,21,22,24). The molecule has 3 N–H and O–H groups in total. The van der Waals surface area contributed by atoms with Crippen molar-refractivity contribution >= 4 is 27.9 Å². The second-order valence-corrected chi connectivity index (χ2v) is 8.01. The molecule has 1 aliphatic heterocycles. The van der Waals surface area contributed by atoms with E-state index in [2.05, 4.69) is 47.6 Å². The van der Waals surface area contributed by atoms with Crippen molar-refractivity contribution in [3.05, 3.63) is 57.5 Å². The minimum atomic E-state index is -0.495. The number of likely N-dealkylation sites (tertiary alicyclic amines) is 1. The fourth-order valence-electron chi connectivity index (χ4n) is 3.90. The van der Waals surface area contributed by atoms with Gasteiger partial charge in [0.15, 0.2) is 0 Å². The van der Waals surface area contributed by atoms with Crippen molar-refractivity contribution < 1.29 is 4.79 Å². The van der Waals surface area contributed by atoms with Crippen LogP contribution in [0.5, 0.6) is 0 Å². The molecule has 2 amide bonds. The van der Waals surface area contributed by atoms with Crippen LogP contribution in [0, 0.1) is 0 Å². The van der Waals surface area contributed by atoms with Gasteiger partial charge in [0.25, 0.3) is 0 Å². The maximum Gasteiger partial charge on any atom is 0.317 e. The number of anilines is 1. The van der Waals surface area contributed by atoms with Gasteiger partial charge < -0.3 is 10.6 Å². The lowest BCUT2D eigenvalue weighted by Crippen LogP contribution is -2.27. The van der Waals surface area contributed by atoms with E-state index in [-0.39, 0.29) is 0 Å². The van der Waals surface area contributed by atoms with E-state index in [1.165, 1.54) is 32.7 Å². The zero-order valence-electron chi connectivity index (χ0n) is 14.5. The van der Waals surface area contributed by atoms with Crippen LogP contribution in [0.1, 0.15) is 34.4 Å². The number of fused-ring (bicyclic) bond motifs is 2. The number of rotatable bonds is 1. The van der Waals surface area contributed by atoms with Gasteiger partial charge in [-0.2, -0.15) is 0 Å². The number of hydrogen-bond donors (Lipinski definition) is 2. The van der Waals surface area contributed by atoms with Gasteiger partial charge in [0.2, 0.25) is 0 Å². The van der Waals surface area contributed by atoms with Crippen LogP contribution in [0.15, 0.2) is 35.9 Å². The zero-order chi connectivity index (χ0) is 17.4. The molecular weight excluding hydrogens is 330 g/mol. The molecule has 4 nitrogen and oxygen atoms in total. The number of primary amides is 1. The highest BCUT2D eigenvalue weighted by Crippen LogP contribution is 2.42. The molecule has 1 aromatic carbocycles. The number of amides is 2. The first-order valence-electron chi connectivity index (χ1n) is 8.80. The van der Waals surface area contributed by atoms with Gasteiger partial charge >= 0.3 is 6.03 Å². The smallest absolute Gasteiger partial charge is 0.317 e. The molecule has 0 radical (unpaired) electrons. The fraction of sp³-hybridized carbons (Fsp3) is 0.350. The molecule has 1 aliphatic carbocycles. The van der Waals surface area contributed by atoms with Crippen molar-refractivity contribution in [2.45, 2.75) is 25.7 Å². The lowest BCUT2D eigenvalue weighted by Gasteiger charge is -2.27. The first-order chi connectivity index (χ1) is 12.1. The summed E-state index contributed by atoms with van der Waals surface area (Å²) in [6, 6.07) is 10.4. The Balaban J connectivity index is 1.87. The Labute approximate surface area is 152 Å². The van der Waals surface area contributed by atoms with Crippen molar-refractivity contribution in [3.63, 3.8) is 0 Å². The highest BCUT2D eigenvalue weighted by atomic mass is 32.1. The average molecular weight is 353 g/mol. The number of nitrogens with one attached hydrogen (secondary N) is 1. The van der Waals surface area contributed by atoms with E-state index < -0.39 is 6.03 Å². The van der Waals surface area contributed by atoms with E-state index in [1.807, 2.05) is 0 Å². The van der Waals surface area contributed by atoms with E-state index in [1.54, 1.807) is 11.3 Å². The number of hydrogen-bond acceptors (Lipinski definition) is 3. The molecule has 1 fully saturated rings. The van der Waals surface area contributed by atoms with Crippen molar-refractivity contribution in [3.8, 4) is 0 Å². The van der Waals surface area contributed by atoms with Gasteiger partial charge in [-0.15, -0.1) is 11.3 Å². The van der Waals surface area contributed by atoms with E-state index >= 15 is 0 Å². The molecule has 0 unspecified atom stereocenters. The van der Waals surface area contributed by atoms with Crippen molar-refractivity contribution in [2.24, 2.45) is 5.73 Å². The van der Waals surface area contributed by atoms with Crippen LogP contribution in [0.25, 0.3) is 5.57 Å². The van der Waals surface area contributed by atoms with Gasteiger partial charge in [0, 0.05) is 18.0 Å². The number of nitrogens with two attached hydrogens (primary N) is 1. The van der Waals surface area contributed by atoms with Crippen LogP contribution in [-0.2, 0) is 12.8 Å². The van der Waals surface area contributed by atoms with E-state index in [0.29, 0.717) is 0 Å². The number of piperidine rings is 1. The summed E-state index contributed by atoms with van der Waals surface area (Å²) in [6.45, 7) is 2.21. The van der Waals surface area contributed by atoms with Crippen LogP contribution in [0.3, 0.4) is 0 Å².